The molecule has 22 heavy (non-hydrogen) atoms. The van der Waals surface area contributed by atoms with Crippen molar-refractivity contribution in [2.24, 2.45) is 0 Å². The number of fused-ring (bicyclic) bond motifs is 1. The van der Waals surface area contributed by atoms with Crippen molar-refractivity contribution in [2.75, 3.05) is 11.5 Å². The van der Waals surface area contributed by atoms with Gasteiger partial charge in [0.2, 0.25) is 5.91 Å². The summed E-state index contributed by atoms with van der Waals surface area (Å²) in [5.41, 5.74) is -1.04. The van der Waals surface area contributed by atoms with E-state index < -0.39 is 21.3 Å². The fraction of sp³-hybridized carbons (Fsp3) is 0.462. The molecule has 0 bridgehead atoms. The van der Waals surface area contributed by atoms with Gasteiger partial charge < -0.3 is 5.32 Å². The van der Waals surface area contributed by atoms with Gasteiger partial charge in [-0.05, 0) is 24.8 Å². The number of amides is 1. The quantitative estimate of drug-likeness (QED) is 0.857. The predicted octanol–water partition coefficient (Wildman–Crippen LogP) is 0.151. The lowest BCUT2D eigenvalue weighted by Crippen LogP contribution is -2.48. The van der Waals surface area contributed by atoms with Gasteiger partial charge in [-0.25, -0.2) is 13.4 Å². The molecule has 1 atom stereocenters. The van der Waals surface area contributed by atoms with Crippen molar-refractivity contribution in [3.05, 3.63) is 28.1 Å². The molecule has 3 rings (SSSR count). The third-order valence-corrected chi connectivity index (χ3v) is 6.43. The van der Waals surface area contributed by atoms with Crippen molar-refractivity contribution in [3.8, 4) is 0 Å². The Bertz CT molecular complexity index is 899. The van der Waals surface area contributed by atoms with Crippen LogP contribution in [0.2, 0.25) is 0 Å². The SMILES string of the molecule is C[C@@]1(NC(=O)Cn2cnc3sccc3c2=O)CCS(=O)(=O)C1. The molecule has 1 amide bonds. The zero-order valence-electron chi connectivity index (χ0n) is 11.9. The van der Waals surface area contributed by atoms with Gasteiger partial charge in [0.25, 0.3) is 5.56 Å². The summed E-state index contributed by atoms with van der Waals surface area (Å²) in [5, 5.41) is 4.98. The highest BCUT2D eigenvalue weighted by Gasteiger charge is 2.39. The number of carbonyl (C=O) groups excluding carboxylic acids is 1. The van der Waals surface area contributed by atoms with Gasteiger partial charge in [0.15, 0.2) is 9.84 Å². The van der Waals surface area contributed by atoms with E-state index >= 15 is 0 Å². The minimum Gasteiger partial charge on any atom is -0.348 e. The Labute approximate surface area is 130 Å². The molecule has 0 spiro atoms. The lowest BCUT2D eigenvalue weighted by Gasteiger charge is -2.24. The normalized spacial score (nSPS) is 23.7. The van der Waals surface area contributed by atoms with Crippen molar-refractivity contribution in [1.29, 1.82) is 0 Å². The summed E-state index contributed by atoms with van der Waals surface area (Å²) in [4.78, 5) is 29.1. The monoisotopic (exact) mass is 341 g/mol. The molecule has 2 aromatic heterocycles. The average Bonchev–Trinajstić information content (AvgIpc) is 2.98. The van der Waals surface area contributed by atoms with Crippen LogP contribution in [0.4, 0.5) is 0 Å². The molecule has 1 fully saturated rings. The summed E-state index contributed by atoms with van der Waals surface area (Å²) in [6.45, 7) is 1.53. The Kier molecular flexibility index (Phi) is 3.56. The number of aromatic nitrogens is 2. The minimum absolute atomic E-state index is 0.0670. The highest BCUT2D eigenvalue weighted by Crippen LogP contribution is 2.22. The maximum atomic E-state index is 12.2. The third-order valence-electron chi connectivity index (χ3n) is 3.71. The molecule has 2 aromatic rings. The molecule has 1 aliphatic rings. The fourth-order valence-electron chi connectivity index (χ4n) is 2.65. The van der Waals surface area contributed by atoms with E-state index in [9.17, 15) is 18.0 Å². The standard InChI is InChI=1S/C13H15N3O4S2/c1-13(3-5-22(19,20)7-13)15-10(17)6-16-8-14-11-9(12(16)18)2-4-21-11/h2,4,8H,3,5-7H2,1H3,(H,15,17)/t13-/m1/s1. The van der Waals surface area contributed by atoms with Crippen LogP contribution < -0.4 is 10.9 Å². The first kappa shape index (κ1) is 15.2. The zero-order chi connectivity index (χ0) is 16.0. The molecule has 9 heteroatoms. The largest absolute Gasteiger partial charge is 0.348 e. The van der Waals surface area contributed by atoms with Gasteiger partial charge in [-0.1, -0.05) is 0 Å². The molecule has 7 nitrogen and oxygen atoms in total. The minimum atomic E-state index is -3.10. The van der Waals surface area contributed by atoms with Crippen LogP contribution in [-0.2, 0) is 21.2 Å². The molecule has 0 unspecified atom stereocenters. The molecular weight excluding hydrogens is 326 g/mol. The molecule has 0 aromatic carbocycles. The van der Waals surface area contributed by atoms with Gasteiger partial charge in [-0.15, -0.1) is 11.3 Å². The van der Waals surface area contributed by atoms with Crippen LogP contribution in [0, 0.1) is 0 Å². The molecule has 1 saturated heterocycles. The van der Waals surface area contributed by atoms with E-state index in [1.54, 1.807) is 18.4 Å². The Morgan fingerprint density at radius 2 is 2.32 bits per heavy atom. The smallest absolute Gasteiger partial charge is 0.262 e. The van der Waals surface area contributed by atoms with E-state index in [0.717, 1.165) is 0 Å². The number of nitrogens with zero attached hydrogens (tertiary/aromatic N) is 2. The van der Waals surface area contributed by atoms with E-state index in [1.807, 2.05) is 0 Å². The van der Waals surface area contributed by atoms with Crippen LogP contribution in [0.15, 0.2) is 22.6 Å². The zero-order valence-corrected chi connectivity index (χ0v) is 13.5. The van der Waals surface area contributed by atoms with Crippen molar-refractivity contribution in [1.82, 2.24) is 14.9 Å². The van der Waals surface area contributed by atoms with E-state index in [1.165, 1.54) is 22.2 Å². The molecule has 118 valence electrons. The first-order chi connectivity index (χ1) is 10.3. The van der Waals surface area contributed by atoms with Crippen molar-refractivity contribution in [2.45, 2.75) is 25.4 Å². The maximum absolute atomic E-state index is 12.2. The topological polar surface area (TPSA) is 98.1 Å². The lowest BCUT2D eigenvalue weighted by molar-refractivity contribution is -0.123. The molecule has 0 saturated carbocycles. The highest BCUT2D eigenvalue weighted by molar-refractivity contribution is 7.91. The van der Waals surface area contributed by atoms with Crippen LogP contribution >= 0.6 is 11.3 Å². The second kappa shape index (κ2) is 5.17. The molecule has 0 radical (unpaired) electrons. The second-order valence-corrected chi connectivity index (χ2v) is 8.85. The van der Waals surface area contributed by atoms with Crippen LogP contribution in [-0.4, -0.2) is 40.9 Å². The molecule has 3 heterocycles. The molecule has 0 aliphatic carbocycles. The van der Waals surface area contributed by atoms with Gasteiger partial charge in [0.1, 0.15) is 11.4 Å². The fourth-order valence-corrected chi connectivity index (χ4v) is 5.46. The first-order valence-corrected chi connectivity index (χ1v) is 9.42. The van der Waals surface area contributed by atoms with Gasteiger partial charge in [-0.2, -0.15) is 0 Å². The predicted molar refractivity (Wildman–Crippen MR) is 83.7 cm³/mol. The van der Waals surface area contributed by atoms with Crippen LogP contribution in [0.1, 0.15) is 13.3 Å². The summed E-state index contributed by atoms with van der Waals surface area (Å²) < 4.78 is 24.3. The summed E-state index contributed by atoms with van der Waals surface area (Å²) in [6.07, 6.45) is 1.73. The number of thiophene rings is 1. The molecular formula is C13H15N3O4S2. The number of carbonyl (C=O) groups is 1. The van der Waals surface area contributed by atoms with E-state index in [0.29, 0.717) is 16.6 Å². The van der Waals surface area contributed by atoms with Crippen LogP contribution in [0.5, 0.6) is 0 Å². The highest BCUT2D eigenvalue weighted by atomic mass is 32.2. The number of nitrogens with one attached hydrogen (secondary N) is 1. The Balaban J connectivity index is 1.76. The van der Waals surface area contributed by atoms with Crippen molar-refractivity contribution in [3.63, 3.8) is 0 Å². The average molecular weight is 341 g/mol. The first-order valence-electron chi connectivity index (χ1n) is 6.72. The summed E-state index contributed by atoms with van der Waals surface area (Å²) >= 11 is 1.36. The second-order valence-electron chi connectivity index (χ2n) is 5.77. The van der Waals surface area contributed by atoms with E-state index in [2.05, 4.69) is 10.3 Å². The van der Waals surface area contributed by atoms with Gasteiger partial charge in [0.05, 0.1) is 28.8 Å². The Hall–Kier alpha value is -1.74. The van der Waals surface area contributed by atoms with Crippen molar-refractivity contribution < 1.29 is 13.2 Å². The Morgan fingerprint density at radius 3 is 3.00 bits per heavy atom. The molecule has 1 N–H and O–H groups in total. The lowest BCUT2D eigenvalue weighted by atomic mass is 10.0. The van der Waals surface area contributed by atoms with Gasteiger partial charge in [0, 0.05) is 0 Å². The molecule has 1 aliphatic heterocycles. The summed E-state index contributed by atoms with van der Waals surface area (Å²) in [6, 6.07) is 1.68. The van der Waals surface area contributed by atoms with Crippen LogP contribution in [0.3, 0.4) is 0 Å². The number of sulfone groups is 1. The number of hydrogen-bond donors (Lipinski definition) is 1. The van der Waals surface area contributed by atoms with Gasteiger partial charge in [-0.3, -0.25) is 14.2 Å². The van der Waals surface area contributed by atoms with E-state index in [-0.39, 0.29) is 23.6 Å². The maximum Gasteiger partial charge on any atom is 0.262 e. The Morgan fingerprint density at radius 1 is 1.55 bits per heavy atom. The van der Waals surface area contributed by atoms with Crippen LogP contribution in [0.25, 0.3) is 10.2 Å². The third kappa shape index (κ3) is 2.91. The number of hydrogen-bond acceptors (Lipinski definition) is 6. The van der Waals surface area contributed by atoms with E-state index in [4.69, 9.17) is 0 Å². The van der Waals surface area contributed by atoms with Gasteiger partial charge >= 0.3 is 0 Å². The summed E-state index contributed by atoms with van der Waals surface area (Å²) in [7, 11) is -3.10. The van der Waals surface area contributed by atoms with Crippen molar-refractivity contribution >= 4 is 37.3 Å². The number of rotatable bonds is 3. The summed E-state index contributed by atoms with van der Waals surface area (Å²) in [5.74, 6) is -0.382.